The largest absolute Gasteiger partial charge is 0.493 e. The molecule has 0 bridgehead atoms. The molecule has 1 aliphatic heterocycles. The van der Waals surface area contributed by atoms with E-state index in [0.29, 0.717) is 17.2 Å². The maximum absolute atomic E-state index is 5.63. The molecule has 1 atom stereocenters. The van der Waals surface area contributed by atoms with Crippen molar-refractivity contribution in [3.63, 3.8) is 0 Å². The van der Waals surface area contributed by atoms with E-state index in [1.165, 1.54) is 11.3 Å². The first kappa shape index (κ1) is 21.3. The van der Waals surface area contributed by atoms with Gasteiger partial charge in [0.2, 0.25) is 5.75 Å². The molecule has 0 saturated carbocycles. The Morgan fingerprint density at radius 3 is 2.07 bits per heavy atom. The van der Waals surface area contributed by atoms with Gasteiger partial charge in [0.25, 0.3) is 0 Å². The van der Waals surface area contributed by atoms with Crippen molar-refractivity contribution >= 4 is 5.69 Å². The summed E-state index contributed by atoms with van der Waals surface area (Å²) in [5.74, 6) is 1.99. The van der Waals surface area contributed by atoms with Crippen molar-refractivity contribution in [3.8, 4) is 17.2 Å². The zero-order chi connectivity index (χ0) is 20.8. The third-order valence-corrected chi connectivity index (χ3v) is 5.47. The van der Waals surface area contributed by atoms with Crippen LogP contribution in [0.5, 0.6) is 17.2 Å². The van der Waals surface area contributed by atoms with Crippen LogP contribution in [0.1, 0.15) is 23.6 Å². The molecule has 2 aromatic rings. The molecule has 158 valence electrons. The fraction of sp³-hybridized carbons (Fsp3) is 0.478. The van der Waals surface area contributed by atoms with Crippen molar-refractivity contribution < 1.29 is 14.2 Å². The molecule has 1 saturated heterocycles. The number of benzene rings is 2. The number of methoxy groups -OCH3 is 3. The zero-order valence-electron chi connectivity index (χ0n) is 18.2. The molecule has 0 aromatic heterocycles. The van der Waals surface area contributed by atoms with Crippen molar-refractivity contribution in [1.29, 1.82) is 0 Å². The maximum atomic E-state index is 5.63. The number of ether oxygens (including phenoxy) is 3. The Bertz CT molecular complexity index is 759. The van der Waals surface area contributed by atoms with E-state index >= 15 is 0 Å². The Kier molecular flexibility index (Phi) is 7.23. The van der Waals surface area contributed by atoms with Crippen LogP contribution in [0.2, 0.25) is 0 Å². The Balaban J connectivity index is 2.09. The fourth-order valence-corrected chi connectivity index (χ4v) is 3.95. The lowest BCUT2D eigenvalue weighted by atomic mass is 9.95. The minimum Gasteiger partial charge on any atom is -0.493 e. The van der Waals surface area contributed by atoms with Gasteiger partial charge in [-0.05, 0) is 48.4 Å². The van der Waals surface area contributed by atoms with Crippen molar-refractivity contribution in [2.45, 2.75) is 12.5 Å². The van der Waals surface area contributed by atoms with Crippen LogP contribution >= 0.6 is 0 Å². The second kappa shape index (κ2) is 9.85. The van der Waals surface area contributed by atoms with Crippen LogP contribution in [-0.2, 0) is 0 Å². The average molecular weight is 400 g/mol. The predicted octanol–water partition coefficient (Wildman–Crippen LogP) is 3.16. The quantitative estimate of drug-likeness (QED) is 0.772. The lowest BCUT2D eigenvalue weighted by Crippen LogP contribution is -2.33. The Morgan fingerprint density at radius 2 is 1.52 bits per heavy atom. The third kappa shape index (κ3) is 4.77. The highest BCUT2D eigenvalue weighted by Crippen LogP contribution is 2.42. The SMILES string of the molecule is COc1cc(C(c2ccc(N(C)C)cc2)N2CCCNCC2)cc(OC)c1OC. The number of anilines is 1. The smallest absolute Gasteiger partial charge is 0.203 e. The van der Waals surface area contributed by atoms with Gasteiger partial charge < -0.3 is 24.4 Å². The van der Waals surface area contributed by atoms with E-state index in [4.69, 9.17) is 14.2 Å². The lowest BCUT2D eigenvalue weighted by molar-refractivity contribution is 0.239. The van der Waals surface area contributed by atoms with Crippen LogP contribution in [-0.4, -0.2) is 66.5 Å². The summed E-state index contributed by atoms with van der Waals surface area (Å²) in [6.07, 6.45) is 1.12. The minimum atomic E-state index is 0.111. The molecule has 2 aromatic carbocycles. The molecule has 6 nitrogen and oxygen atoms in total. The van der Waals surface area contributed by atoms with Crippen LogP contribution in [0.25, 0.3) is 0 Å². The average Bonchev–Trinajstić information content (AvgIpc) is 3.02. The molecular formula is C23H33N3O3. The van der Waals surface area contributed by atoms with Crippen molar-refractivity contribution in [2.75, 3.05) is 66.5 Å². The monoisotopic (exact) mass is 399 g/mol. The van der Waals surface area contributed by atoms with E-state index in [0.717, 1.165) is 38.2 Å². The van der Waals surface area contributed by atoms with E-state index in [1.807, 2.05) is 0 Å². The van der Waals surface area contributed by atoms with Crippen LogP contribution in [0, 0.1) is 0 Å². The second-order valence-corrected chi connectivity index (χ2v) is 7.49. The summed E-state index contributed by atoms with van der Waals surface area (Å²) in [4.78, 5) is 4.65. The number of nitrogens with one attached hydrogen (secondary N) is 1. The molecule has 0 radical (unpaired) electrons. The number of nitrogens with zero attached hydrogens (tertiary/aromatic N) is 2. The summed E-state index contributed by atoms with van der Waals surface area (Å²) in [5, 5.41) is 3.50. The van der Waals surface area contributed by atoms with Gasteiger partial charge >= 0.3 is 0 Å². The summed E-state index contributed by atoms with van der Waals surface area (Å²) < 4.78 is 16.8. The molecule has 1 aliphatic rings. The summed E-state index contributed by atoms with van der Waals surface area (Å²) in [5.41, 5.74) is 3.58. The van der Waals surface area contributed by atoms with Crippen LogP contribution in [0.15, 0.2) is 36.4 Å². The third-order valence-electron chi connectivity index (χ3n) is 5.47. The van der Waals surface area contributed by atoms with Gasteiger partial charge in [-0.15, -0.1) is 0 Å². The molecule has 6 heteroatoms. The molecule has 0 spiro atoms. The second-order valence-electron chi connectivity index (χ2n) is 7.49. The first-order valence-corrected chi connectivity index (χ1v) is 10.1. The summed E-state index contributed by atoms with van der Waals surface area (Å²) >= 11 is 0. The minimum absolute atomic E-state index is 0.111. The lowest BCUT2D eigenvalue weighted by Gasteiger charge is -2.32. The zero-order valence-corrected chi connectivity index (χ0v) is 18.2. The van der Waals surface area contributed by atoms with E-state index in [-0.39, 0.29) is 6.04 Å². The van der Waals surface area contributed by atoms with Crippen LogP contribution in [0.4, 0.5) is 5.69 Å². The van der Waals surface area contributed by atoms with E-state index in [9.17, 15) is 0 Å². The standard InChI is InChI=1S/C23H33N3O3/c1-25(2)19-9-7-17(8-10-19)22(26-13-6-11-24-12-14-26)18-15-20(27-3)23(29-5)21(16-18)28-4/h7-10,15-16,22,24H,6,11-14H2,1-5H3. The molecular weight excluding hydrogens is 366 g/mol. The molecule has 3 rings (SSSR count). The predicted molar refractivity (Wildman–Crippen MR) is 118 cm³/mol. The molecule has 1 fully saturated rings. The van der Waals surface area contributed by atoms with Gasteiger partial charge in [0.15, 0.2) is 11.5 Å². The number of hydrogen-bond acceptors (Lipinski definition) is 6. The molecule has 0 amide bonds. The van der Waals surface area contributed by atoms with Crippen molar-refractivity contribution in [2.24, 2.45) is 0 Å². The Labute approximate surface area is 174 Å². The van der Waals surface area contributed by atoms with Gasteiger partial charge in [-0.25, -0.2) is 0 Å². The topological polar surface area (TPSA) is 46.2 Å². The molecule has 1 heterocycles. The highest BCUT2D eigenvalue weighted by molar-refractivity contribution is 5.56. The van der Waals surface area contributed by atoms with Gasteiger partial charge in [0, 0.05) is 39.4 Å². The summed E-state index contributed by atoms with van der Waals surface area (Å²) in [7, 11) is 9.09. The summed E-state index contributed by atoms with van der Waals surface area (Å²) in [6.45, 7) is 4.05. The Hall–Kier alpha value is -2.44. The van der Waals surface area contributed by atoms with Gasteiger partial charge in [-0.3, -0.25) is 4.90 Å². The molecule has 29 heavy (non-hydrogen) atoms. The normalized spacial score (nSPS) is 16.0. The van der Waals surface area contributed by atoms with Crippen LogP contribution in [0.3, 0.4) is 0 Å². The molecule has 1 N–H and O–H groups in total. The first-order chi connectivity index (χ1) is 14.1. The Morgan fingerprint density at radius 1 is 0.862 bits per heavy atom. The number of hydrogen-bond donors (Lipinski definition) is 1. The maximum Gasteiger partial charge on any atom is 0.203 e. The highest BCUT2D eigenvalue weighted by Gasteiger charge is 2.26. The first-order valence-electron chi connectivity index (χ1n) is 10.1. The molecule has 1 unspecified atom stereocenters. The van der Waals surface area contributed by atoms with Gasteiger partial charge in [-0.2, -0.15) is 0 Å². The number of rotatable bonds is 7. The summed E-state index contributed by atoms with van der Waals surface area (Å²) in [6, 6.07) is 13.1. The van der Waals surface area contributed by atoms with Crippen molar-refractivity contribution in [1.82, 2.24) is 10.2 Å². The van der Waals surface area contributed by atoms with Gasteiger partial charge in [-0.1, -0.05) is 12.1 Å². The van der Waals surface area contributed by atoms with Gasteiger partial charge in [0.05, 0.1) is 27.4 Å². The highest BCUT2D eigenvalue weighted by atomic mass is 16.5. The van der Waals surface area contributed by atoms with Crippen LogP contribution < -0.4 is 24.4 Å². The van der Waals surface area contributed by atoms with Crippen molar-refractivity contribution in [3.05, 3.63) is 47.5 Å². The van der Waals surface area contributed by atoms with E-state index in [1.54, 1.807) is 21.3 Å². The molecule has 0 aliphatic carbocycles. The fourth-order valence-electron chi connectivity index (χ4n) is 3.95. The van der Waals surface area contributed by atoms with Gasteiger partial charge in [0.1, 0.15) is 0 Å². The van der Waals surface area contributed by atoms with E-state index < -0.39 is 0 Å². The van der Waals surface area contributed by atoms with E-state index in [2.05, 4.69) is 65.6 Å².